The van der Waals surface area contributed by atoms with Crippen LogP contribution in [0.4, 0.5) is 0 Å². The Bertz CT molecular complexity index is 1530. The Balaban J connectivity index is 0.00000172. The van der Waals surface area contributed by atoms with E-state index in [9.17, 15) is 9.90 Å². The van der Waals surface area contributed by atoms with Crippen molar-refractivity contribution in [3.63, 3.8) is 0 Å². The molecule has 5 heterocycles. The number of likely N-dealkylation sites (N-methyl/N-ethyl adjacent to an activating group) is 1. The average Bonchev–Trinajstić information content (AvgIpc) is 3.53. The summed E-state index contributed by atoms with van der Waals surface area (Å²) in [5.41, 5.74) is 4.48. The van der Waals surface area contributed by atoms with Crippen molar-refractivity contribution >= 4 is 23.1 Å². The molecule has 2 bridgehead atoms. The first kappa shape index (κ1) is 28.1. The number of aryl methyl sites for hydroxylation is 2. The number of aliphatic hydroxyl groups is 1. The summed E-state index contributed by atoms with van der Waals surface area (Å²) < 4.78 is 15.7. The lowest BCUT2D eigenvalue weighted by Gasteiger charge is -2.23. The number of fused-ring (bicyclic) bond motifs is 4. The minimum atomic E-state index is -0.304. The van der Waals surface area contributed by atoms with E-state index in [0.29, 0.717) is 60.3 Å². The zero-order valence-corrected chi connectivity index (χ0v) is 23.7. The lowest BCUT2D eigenvalue weighted by atomic mass is 10.1. The highest BCUT2D eigenvalue weighted by Gasteiger charge is 2.24. The minimum absolute atomic E-state index is 0.0496. The Morgan fingerprint density at radius 2 is 2.00 bits per heavy atom. The fourth-order valence-electron chi connectivity index (χ4n) is 4.89. The largest absolute Gasteiger partial charge is 0.476 e. The molecular formula is C27H38N8O4. The number of hydrogen-bond donors (Lipinski definition) is 3. The van der Waals surface area contributed by atoms with Crippen molar-refractivity contribution in [1.29, 1.82) is 0 Å². The van der Waals surface area contributed by atoms with Crippen LogP contribution in [0.2, 0.25) is 0 Å². The van der Waals surface area contributed by atoms with Gasteiger partial charge in [-0.15, -0.1) is 5.10 Å². The second kappa shape index (κ2) is 11.9. The molecule has 1 aliphatic rings. The molecule has 3 N–H and O–H groups in total. The molecule has 4 aromatic heterocycles. The standard InChI is InChI=1S/C25H32N8O4.C2H6/c1-6-36-24-16-7-8-18-17-11-19(26-23(35)22(17)28-27-18)21-15(3)29-32(5)25(21)37-14(2)12-31(4)13-20(16)33(30-24)9-10-34;1-2/h7-8,11,14,34H,6,9-10,12-13H2,1-5H3,(H,26,35)(H,27,28);1-2H3/b8-7+;. The molecule has 39 heavy (non-hydrogen) atoms. The highest BCUT2D eigenvalue weighted by molar-refractivity contribution is 5.92. The van der Waals surface area contributed by atoms with Crippen molar-refractivity contribution in [2.75, 3.05) is 26.8 Å². The molecule has 0 fully saturated rings. The van der Waals surface area contributed by atoms with Gasteiger partial charge >= 0.3 is 0 Å². The van der Waals surface area contributed by atoms with Crippen LogP contribution in [-0.4, -0.2) is 77.7 Å². The molecule has 0 saturated carbocycles. The molecule has 12 nitrogen and oxygen atoms in total. The van der Waals surface area contributed by atoms with Crippen molar-refractivity contribution in [2.45, 2.75) is 53.8 Å². The normalized spacial score (nSPS) is 16.5. The van der Waals surface area contributed by atoms with Crippen LogP contribution in [0.1, 0.15) is 50.3 Å². The van der Waals surface area contributed by atoms with Gasteiger partial charge in [0.1, 0.15) is 6.10 Å². The number of nitrogens with one attached hydrogen (secondary N) is 2. The smallest absolute Gasteiger partial charge is 0.276 e. The van der Waals surface area contributed by atoms with Crippen LogP contribution in [0.5, 0.6) is 11.8 Å². The SMILES string of the molecule is CC.CCOc1nn(CCO)c2c1/C=C/c1[nH]nc3c(=O)[nH]c(cc13)-c1c(C)nn(C)c1OC(C)CN(C)C2. The predicted octanol–water partition coefficient (Wildman–Crippen LogP) is 2.96. The summed E-state index contributed by atoms with van der Waals surface area (Å²) >= 11 is 0. The topological polar surface area (TPSA) is 139 Å². The fourth-order valence-corrected chi connectivity index (χ4v) is 4.89. The molecule has 1 unspecified atom stereocenters. The van der Waals surface area contributed by atoms with Crippen molar-refractivity contribution < 1.29 is 14.6 Å². The maximum Gasteiger partial charge on any atom is 0.276 e. The number of aliphatic hydroxyl groups excluding tert-OH is 1. The number of hydrogen-bond acceptors (Lipinski definition) is 8. The molecule has 1 atom stereocenters. The number of ether oxygens (including phenoxy) is 2. The van der Waals surface area contributed by atoms with Gasteiger partial charge in [-0.2, -0.15) is 10.2 Å². The Morgan fingerprint density at radius 1 is 1.23 bits per heavy atom. The summed E-state index contributed by atoms with van der Waals surface area (Å²) in [6, 6.07) is 1.90. The van der Waals surface area contributed by atoms with E-state index < -0.39 is 0 Å². The number of aromatic nitrogens is 7. The zero-order chi connectivity index (χ0) is 28.3. The Morgan fingerprint density at radius 3 is 2.72 bits per heavy atom. The number of aromatic amines is 2. The highest BCUT2D eigenvalue weighted by atomic mass is 16.5. The minimum Gasteiger partial charge on any atom is -0.476 e. The molecule has 4 aromatic rings. The van der Waals surface area contributed by atoms with Gasteiger partial charge in [0.2, 0.25) is 11.8 Å². The molecule has 210 valence electrons. The molecular weight excluding hydrogens is 500 g/mol. The van der Waals surface area contributed by atoms with Gasteiger partial charge in [-0.3, -0.25) is 19.5 Å². The molecule has 0 aromatic carbocycles. The lowest BCUT2D eigenvalue weighted by molar-refractivity contribution is 0.146. The molecule has 0 spiro atoms. The van der Waals surface area contributed by atoms with Gasteiger partial charge in [0, 0.05) is 25.5 Å². The van der Waals surface area contributed by atoms with Gasteiger partial charge in [-0.25, -0.2) is 4.68 Å². The van der Waals surface area contributed by atoms with E-state index >= 15 is 0 Å². The second-order valence-corrected chi connectivity index (χ2v) is 9.30. The monoisotopic (exact) mass is 538 g/mol. The van der Waals surface area contributed by atoms with Crippen molar-refractivity contribution in [3.8, 4) is 23.0 Å². The summed E-state index contributed by atoms with van der Waals surface area (Å²) in [5, 5.41) is 26.8. The molecule has 0 aliphatic carbocycles. The van der Waals surface area contributed by atoms with Gasteiger partial charge in [0.15, 0.2) is 5.52 Å². The van der Waals surface area contributed by atoms with Crippen LogP contribution in [0.15, 0.2) is 10.9 Å². The Labute approximate surface area is 227 Å². The van der Waals surface area contributed by atoms with Crippen LogP contribution in [0, 0.1) is 6.92 Å². The second-order valence-electron chi connectivity index (χ2n) is 9.30. The first-order chi connectivity index (χ1) is 18.8. The maximum absolute atomic E-state index is 13.0. The van der Waals surface area contributed by atoms with Gasteiger partial charge in [-0.1, -0.05) is 13.8 Å². The van der Waals surface area contributed by atoms with E-state index in [1.807, 2.05) is 66.9 Å². The van der Waals surface area contributed by atoms with Crippen LogP contribution in [-0.2, 0) is 20.1 Å². The third-order valence-corrected chi connectivity index (χ3v) is 6.40. The van der Waals surface area contributed by atoms with Crippen molar-refractivity contribution in [1.82, 2.24) is 39.6 Å². The van der Waals surface area contributed by atoms with E-state index in [4.69, 9.17) is 9.47 Å². The van der Waals surface area contributed by atoms with E-state index in [1.54, 1.807) is 9.36 Å². The summed E-state index contributed by atoms with van der Waals surface area (Å²) in [6.07, 6.45) is 3.60. The van der Waals surface area contributed by atoms with E-state index in [1.165, 1.54) is 0 Å². The van der Waals surface area contributed by atoms with Crippen LogP contribution in [0.25, 0.3) is 34.3 Å². The predicted molar refractivity (Wildman–Crippen MR) is 151 cm³/mol. The van der Waals surface area contributed by atoms with Crippen LogP contribution in [0.3, 0.4) is 0 Å². The fraction of sp³-hybridized carbons (Fsp3) is 0.481. The summed E-state index contributed by atoms with van der Waals surface area (Å²) in [7, 11) is 3.84. The Hall–Kier alpha value is -3.90. The third kappa shape index (κ3) is 5.48. The molecule has 5 rings (SSSR count). The Kier molecular flexibility index (Phi) is 8.56. The number of H-pyrrole nitrogens is 2. The molecule has 12 heteroatoms. The lowest BCUT2D eigenvalue weighted by Crippen LogP contribution is -2.32. The first-order valence-electron chi connectivity index (χ1n) is 13.3. The van der Waals surface area contributed by atoms with Crippen LogP contribution < -0.4 is 15.0 Å². The van der Waals surface area contributed by atoms with Crippen molar-refractivity contribution in [3.05, 3.63) is 39.1 Å². The van der Waals surface area contributed by atoms with Gasteiger partial charge in [0.25, 0.3) is 5.56 Å². The number of pyridine rings is 1. The first-order valence-corrected chi connectivity index (χ1v) is 13.3. The van der Waals surface area contributed by atoms with Crippen LogP contribution >= 0.6 is 0 Å². The zero-order valence-electron chi connectivity index (χ0n) is 23.7. The number of nitrogens with zero attached hydrogens (tertiary/aromatic N) is 6. The molecule has 1 aliphatic heterocycles. The van der Waals surface area contributed by atoms with Gasteiger partial charge in [0.05, 0.1) is 53.7 Å². The molecule has 0 radical (unpaired) electrons. The molecule has 0 amide bonds. The average molecular weight is 539 g/mol. The number of rotatable bonds is 4. The van der Waals surface area contributed by atoms with Gasteiger partial charge < -0.3 is 19.6 Å². The third-order valence-electron chi connectivity index (χ3n) is 6.40. The van der Waals surface area contributed by atoms with E-state index in [-0.39, 0.29) is 18.3 Å². The summed E-state index contributed by atoms with van der Waals surface area (Å²) in [6.45, 7) is 11.7. The van der Waals surface area contributed by atoms with E-state index in [0.717, 1.165) is 22.5 Å². The summed E-state index contributed by atoms with van der Waals surface area (Å²) in [5.74, 6) is 1.06. The molecule has 0 saturated heterocycles. The maximum atomic E-state index is 13.0. The quantitative estimate of drug-likeness (QED) is 0.360. The van der Waals surface area contributed by atoms with E-state index in [2.05, 4.69) is 30.3 Å². The highest BCUT2D eigenvalue weighted by Crippen LogP contribution is 2.34. The van der Waals surface area contributed by atoms with Gasteiger partial charge in [-0.05, 0) is 46.0 Å². The van der Waals surface area contributed by atoms with Crippen molar-refractivity contribution in [2.24, 2.45) is 7.05 Å². The summed E-state index contributed by atoms with van der Waals surface area (Å²) in [4.78, 5) is 18.1.